The third-order valence-corrected chi connectivity index (χ3v) is 6.16. The van der Waals surface area contributed by atoms with E-state index < -0.39 is 0 Å². The van der Waals surface area contributed by atoms with E-state index in [2.05, 4.69) is 15.3 Å². The van der Waals surface area contributed by atoms with Crippen molar-refractivity contribution in [1.82, 2.24) is 25.2 Å². The number of piperazine rings is 1. The Bertz CT molecular complexity index is 1240. The number of nitrogens with zero attached hydrogens (tertiary/aromatic N) is 4. The van der Waals surface area contributed by atoms with Crippen molar-refractivity contribution >= 4 is 23.6 Å². The Labute approximate surface area is 197 Å². The molecule has 1 atom stereocenters. The minimum atomic E-state index is -0.254. The molecule has 3 N–H and O–H groups in total. The summed E-state index contributed by atoms with van der Waals surface area (Å²) in [6.07, 6.45) is 7.06. The number of H-pyrrole nitrogens is 1. The zero-order valence-corrected chi connectivity index (χ0v) is 18.7. The van der Waals surface area contributed by atoms with Crippen molar-refractivity contribution in [3.8, 4) is 11.4 Å². The lowest BCUT2D eigenvalue weighted by molar-refractivity contribution is -0.120. The van der Waals surface area contributed by atoms with E-state index in [1.807, 2.05) is 34.1 Å². The Morgan fingerprint density at radius 1 is 1.21 bits per heavy atom. The number of carbonyl (C=O) groups excluding carboxylic acids is 1. The van der Waals surface area contributed by atoms with Crippen LogP contribution in [0.25, 0.3) is 17.5 Å². The van der Waals surface area contributed by atoms with E-state index in [9.17, 15) is 9.18 Å². The Morgan fingerprint density at radius 2 is 2.09 bits per heavy atom. The molecular formula is C25H26FN7O. The zero-order chi connectivity index (χ0) is 23.5. The number of hydrogen-bond donors (Lipinski definition) is 3. The van der Waals surface area contributed by atoms with Crippen LogP contribution in [0.5, 0.6) is 0 Å². The van der Waals surface area contributed by atoms with E-state index in [1.165, 1.54) is 6.07 Å². The quantitative estimate of drug-likeness (QED) is 0.401. The van der Waals surface area contributed by atoms with Gasteiger partial charge in [-0.25, -0.2) is 14.4 Å². The molecule has 1 aromatic carbocycles. The van der Waals surface area contributed by atoms with Crippen molar-refractivity contribution in [2.75, 3.05) is 31.1 Å². The van der Waals surface area contributed by atoms with Crippen molar-refractivity contribution < 1.29 is 9.18 Å². The molecule has 2 saturated heterocycles. The van der Waals surface area contributed by atoms with E-state index in [0.717, 1.165) is 42.2 Å². The summed E-state index contributed by atoms with van der Waals surface area (Å²) < 4.78 is 13.7. The first-order chi connectivity index (χ1) is 16.6. The molecule has 0 radical (unpaired) electrons. The fourth-order valence-corrected chi connectivity index (χ4v) is 4.50. The Balaban J connectivity index is 1.28. The highest BCUT2D eigenvalue weighted by Crippen LogP contribution is 2.32. The molecule has 0 aliphatic carbocycles. The zero-order valence-electron chi connectivity index (χ0n) is 18.7. The van der Waals surface area contributed by atoms with Gasteiger partial charge in [-0.05, 0) is 54.8 Å². The topological polar surface area (TPSA) is 101 Å². The van der Waals surface area contributed by atoms with Crippen LogP contribution in [0.1, 0.15) is 30.3 Å². The van der Waals surface area contributed by atoms with Gasteiger partial charge >= 0.3 is 0 Å². The van der Waals surface area contributed by atoms with Gasteiger partial charge in [0.15, 0.2) is 0 Å². The van der Waals surface area contributed by atoms with Gasteiger partial charge in [0, 0.05) is 19.6 Å². The summed E-state index contributed by atoms with van der Waals surface area (Å²) >= 11 is 0. The number of aromatic amines is 1. The molecule has 1 amide bonds. The lowest BCUT2D eigenvalue weighted by Crippen LogP contribution is -2.48. The van der Waals surface area contributed by atoms with E-state index in [1.54, 1.807) is 30.5 Å². The van der Waals surface area contributed by atoms with Crippen molar-refractivity contribution in [2.45, 2.75) is 18.9 Å². The molecule has 2 aliphatic heterocycles. The van der Waals surface area contributed by atoms with Crippen LogP contribution >= 0.6 is 0 Å². The van der Waals surface area contributed by atoms with Gasteiger partial charge in [0.05, 0.1) is 30.2 Å². The number of pyridine rings is 1. The van der Waals surface area contributed by atoms with Gasteiger partial charge in [0.2, 0.25) is 5.91 Å². The molecule has 2 aromatic heterocycles. The van der Waals surface area contributed by atoms with Crippen LogP contribution in [0.4, 0.5) is 10.2 Å². The van der Waals surface area contributed by atoms with Crippen molar-refractivity contribution in [1.29, 1.82) is 5.41 Å². The monoisotopic (exact) mass is 459 g/mol. The van der Waals surface area contributed by atoms with Crippen molar-refractivity contribution in [3.05, 3.63) is 71.9 Å². The number of imidazole rings is 1. The van der Waals surface area contributed by atoms with Gasteiger partial charge in [0.1, 0.15) is 23.3 Å². The second kappa shape index (κ2) is 9.46. The predicted octanol–water partition coefficient (Wildman–Crippen LogP) is 3.37. The molecule has 3 aromatic rings. The maximum Gasteiger partial charge on any atom is 0.239 e. The molecule has 0 saturated carbocycles. The van der Waals surface area contributed by atoms with Crippen LogP contribution in [-0.4, -0.2) is 57.8 Å². The first-order valence-electron chi connectivity index (χ1n) is 11.4. The van der Waals surface area contributed by atoms with E-state index in [0.29, 0.717) is 31.3 Å². The van der Waals surface area contributed by atoms with Gasteiger partial charge < -0.3 is 20.1 Å². The highest BCUT2D eigenvalue weighted by atomic mass is 19.1. The number of amides is 1. The van der Waals surface area contributed by atoms with Crippen LogP contribution in [0.15, 0.2) is 54.7 Å². The SMILES string of the molecule is N=C(/C=C\c1ncc(-c2cccc(N3CCNC(=O)C3)n2)[nH]1)N1CCCC1c1cccc(F)c1. The summed E-state index contributed by atoms with van der Waals surface area (Å²) in [5, 5.41) is 11.4. The number of halogens is 1. The van der Waals surface area contributed by atoms with E-state index in [-0.39, 0.29) is 17.8 Å². The number of nitrogens with one attached hydrogen (secondary N) is 3. The number of anilines is 1. The number of carbonyl (C=O) groups is 1. The van der Waals surface area contributed by atoms with Crippen LogP contribution < -0.4 is 10.2 Å². The maximum atomic E-state index is 13.7. The largest absolute Gasteiger partial charge is 0.353 e. The van der Waals surface area contributed by atoms with Gasteiger partial charge in [-0.1, -0.05) is 18.2 Å². The van der Waals surface area contributed by atoms with Gasteiger partial charge in [-0.15, -0.1) is 0 Å². The van der Waals surface area contributed by atoms with Crippen LogP contribution in [0, 0.1) is 11.2 Å². The minimum absolute atomic E-state index is 0.00354. The summed E-state index contributed by atoms with van der Waals surface area (Å²) in [6, 6.07) is 12.3. The highest BCUT2D eigenvalue weighted by molar-refractivity contribution is 5.94. The smallest absolute Gasteiger partial charge is 0.239 e. The number of hydrogen-bond acceptors (Lipinski definition) is 5. The average molecular weight is 460 g/mol. The molecule has 2 fully saturated rings. The lowest BCUT2D eigenvalue weighted by atomic mass is 10.0. The Hall–Kier alpha value is -4.01. The summed E-state index contributed by atoms with van der Waals surface area (Å²) in [5.74, 6) is 1.47. The summed E-state index contributed by atoms with van der Waals surface area (Å²) in [4.78, 5) is 28.0. The van der Waals surface area contributed by atoms with Crippen LogP contribution in [0.3, 0.4) is 0 Å². The van der Waals surface area contributed by atoms with E-state index in [4.69, 9.17) is 10.4 Å². The fourth-order valence-electron chi connectivity index (χ4n) is 4.50. The predicted molar refractivity (Wildman–Crippen MR) is 129 cm³/mol. The molecule has 1 unspecified atom stereocenters. The molecule has 5 rings (SSSR count). The fraction of sp³-hybridized carbons (Fsp3) is 0.280. The molecule has 2 aliphatic rings. The first kappa shape index (κ1) is 21.8. The number of likely N-dealkylation sites (tertiary alicyclic amines) is 1. The van der Waals surface area contributed by atoms with Crippen LogP contribution in [0.2, 0.25) is 0 Å². The van der Waals surface area contributed by atoms with Gasteiger partial charge in [0.25, 0.3) is 0 Å². The first-order valence-corrected chi connectivity index (χ1v) is 11.4. The maximum absolute atomic E-state index is 13.7. The van der Waals surface area contributed by atoms with Crippen molar-refractivity contribution in [3.63, 3.8) is 0 Å². The Morgan fingerprint density at radius 3 is 2.94 bits per heavy atom. The second-order valence-corrected chi connectivity index (χ2v) is 8.46. The summed E-state index contributed by atoms with van der Waals surface area (Å²) in [7, 11) is 0. The summed E-state index contributed by atoms with van der Waals surface area (Å²) in [5.41, 5.74) is 2.39. The molecule has 0 spiro atoms. The standard InChI is InChI=1S/C25H26FN7O/c26-18-5-1-4-17(14-18)21-7-3-12-33(21)22(27)9-10-23-29-15-20(30-23)19-6-2-8-24(31-19)32-13-11-28-25(34)16-32/h1-2,4-6,8-10,14-15,21,27H,3,7,11-13,16H2,(H,28,34)(H,29,30)/b10-9-,27-22?. The van der Waals surface area contributed by atoms with Crippen LogP contribution in [-0.2, 0) is 4.79 Å². The molecule has 174 valence electrons. The molecule has 9 heteroatoms. The van der Waals surface area contributed by atoms with Crippen molar-refractivity contribution in [2.24, 2.45) is 0 Å². The minimum Gasteiger partial charge on any atom is -0.353 e. The molecule has 34 heavy (non-hydrogen) atoms. The second-order valence-electron chi connectivity index (χ2n) is 8.46. The lowest BCUT2D eigenvalue weighted by Gasteiger charge is -2.27. The highest BCUT2D eigenvalue weighted by Gasteiger charge is 2.27. The van der Waals surface area contributed by atoms with Gasteiger partial charge in [-0.2, -0.15) is 0 Å². The number of rotatable bonds is 5. The van der Waals surface area contributed by atoms with Gasteiger partial charge in [-0.3, -0.25) is 10.2 Å². The summed E-state index contributed by atoms with van der Waals surface area (Å²) in [6.45, 7) is 2.38. The van der Waals surface area contributed by atoms with E-state index >= 15 is 0 Å². The number of benzene rings is 1. The average Bonchev–Trinajstić information content (AvgIpc) is 3.53. The third-order valence-electron chi connectivity index (χ3n) is 6.16. The molecule has 0 bridgehead atoms. The third kappa shape index (κ3) is 4.68. The normalized spacial score (nSPS) is 18.5. The molecule has 8 nitrogen and oxygen atoms in total. The Kier molecular flexibility index (Phi) is 6.07. The molecule has 4 heterocycles. The number of aromatic nitrogens is 3. The molecular weight excluding hydrogens is 433 g/mol. The number of amidine groups is 1.